The van der Waals surface area contributed by atoms with E-state index in [0.717, 1.165) is 12.1 Å². The summed E-state index contributed by atoms with van der Waals surface area (Å²) in [6, 6.07) is 17.3. The van der Waals surface area contributed by atoms with Crippen LogP contribution >= 0.6 is 11.6 Å². The first-order chi connectivity index (χ1) is 15.2. The number of aliphatic carboxylic acids is 1. The van der Waals surface area contributed by atoms with E-state index in [0.29, 0.717) is 17.1 Å². The average molecular weight is 476 g/mol. The number of ether oxygens (including phenoxy) is 1. The molecule has 3 rings (SSSR count). The summed E-state index contributed by atoms with van der Waals surface area (Å²) in [6.45, 7) is 0. The largest absolute Gasteiger partial charge is 0.481 e. The lowest BCUT2D eigenvalue weighted by molar-refractivity contribution is -0.137. The number of para-hydroxylation sites is 1. The Hall–Kier alpha value is -3.40. The Bertz CT molecular complexity index is 1250. The minimum atomic E-state index is -4.36. The maximum atomic E-state index is 13.0. The molecule has 0 aliphatic carbocycles. The summed E-state index contributed by atoms with van der Waals surface area (Å²) in [6.07, 6.45) is -0.565. The number of benzene rings is 3. The van der Waals surface area contributed by atoms with Gasteiger partial charge in [0.15, 0.2) is 0 Å². The second-order valence-electron chi connectivity index (χ2n) is 6.71. The highest BCUT2D eigenvalue weighted by atomic mass is 35.5. The van der Waals surface area contributed by atoms with Crippen molar-refractivity contribution >= 4 is 33.6 Å². The number of hydrogen-bond acceptors (Lipinski definition) is 5. The predicted molar refractivity (Wildman–Crippen MR) is 117 cm³/mol. The number of rotatable bonds is 9. The molecule has 0 radical (unpaired) electrons. The molecule has 1 unspecified atom stereocenters. The number of carboxylic acids is 2. The van der Waals surface area contributed by atoms with Crippen LogP contribution in [0.1, 0.15) is 28.4 Å². The number of carbonyl (C=O) groups is 2. The smallest absolute Gasteiger partial charge is 0.335 e. The predicted octanol–water partition coefficient (Wildman–Crippen LogP) is 4.32. The van der Waals surface area contributed by atoms with Crippen LogP contribution in [-0.4, -0.2) is 30.6 Å². The van der Waals surface area contributed by atoms with Gasteiger partial charge in [-0.1, -0.05) is 41.9 Å². The van der Waals surface area contributed by atoms with Crippen LogP contribution in [0.25, 0.3) is 0 Å². The van der Waals surface area contributed by atoms with E-state index in [1.165, 1.54) is 12.1 Å². The van der Waals surface area contributed by atoms with E-state index in [-0.39, 0.29) is 10.6 Å². The summed E-state index contributed by atoms with van der Waals surface area (Å²) in [7, 11) is -4.36. The van der Waals surface area contributed by atoms with Crippen molar-refractivity contribution in [2.75, 3.05) is 0 Å². The van der Waals surface area contributed by atoms with Crippen molar-refractivity contribution in [1.29, 1.82) is 0 Å². The lowest BCUT2D eigenvalue weighted by Crippen LogP contribution is -2.30. The monoisotopic (exact) mass is 475 g/mol. The van der Waals surface area contributed by atoms with Gasteiger partial charge in [0.2, 0.25) is 10.0 Å². The summed E-state index contributed by atoms with van der Waals surface area (Å²) in [5, 5.41) is 18.3. The maximum absolute atomic E-state index is 13.0. The van der Waals surface area contributed by atoms with Gasteiger partial charge in [0.1, 0.15) is 16.4 Å². The van der Waals surface area contributed by atoms with E-state index in [1.807, 2.05) is 6.07 Å². The lowest BCUT2D eigenvalue weighted by atomic mass is 10.0. The van der Waals surface area contributed by atoms with Crippen molar-refractivity contribution < 1.29 is 33.0 Å². The molecule has 1 atom stereocenters. The molecule has 3 N–H and O–H groups in total. The first-order valence-corrected chi connectivity index (χ1v) is 11.1. The minimum absolute atomic E-state index is 0.197. The summed E-state index contributed by atoms with van der Waals surface area (Å²) in [4.78, 5) is 22.2. The van der Waals surface area contributed by atoms with Crippen molar-refractivity contribution in [2.24, 2.45) is 0 Å². The molecular formula is C22H18ClNO7S. The zero-order valence-electron chi connectivity index (χ0n) is 16.4. The van der Waals surface area contributed by atoms with E-state index in [1.54, 1.807) is 42.5 Å². The Morgan fingerprint density at radius 2 is 1.62 bits per heavy atom. The molecule has 0 bridgehead atoms. The van der Waals surface area contributed by atoms with Gasteiger partial charge < -0.3 is 14.9 Å². The fraction of sp³-hybridized carbons (Fsp3) is 0.0909. The molecule has 0 aromatic heterocycles. The van der Waals surface area contributed by atoms with Crippen molar-refractivity contribution in [1.82, 2.24) is 4.72 Å². The van der Waals surface area contributed by atoms with Crippen LogP contribution < -0.4 is 9.46 Å². The highest BCUT2D eigenvalue weighted by molar-refractivity contribution is 7.89. The molecule has 8 nitrogen and oxygen atoms in total. The number of halogens is 1. The molecule has 0 saturated carbocycles. The molecule has 0 aliphatic heterocycles. The Morgan fingerprint density at radius 3 is 2.28 bits per heavy atom. The van der Waals surface area contributed by atoms with Crippen LogP contribution in [-0.2, 0) is 14.8 Å². The topological polar surface area (TPSA) is 130 Å². The van der Waals surface area contributed by atoms with Gasteiger partial charge in [0.25, 0.3) is 0 Å². The van der Waals surface area contributed by atoms with Crippen LogP contribution in [0, 0.1) is 0 Å². The summed E-state index contributed by atoms with van der Waals surface area (Å²) < 4.78 is 34.0. The van der Waals surface area contributed by atoms with E-state index < -0.39 is 39.3 Å². The third-order valence-corrected chi connectivity index (χ3v) is 6.34. The quantitative estimate of drug-likeness (QED) is 0.420. The standard InChI is InChI=1S/C22H18ClNO7S/c23-18-10-9-15(22(27)28)12-20(18)32(29,30)24-19(13-21(25)26)14-5-4-8-17(11-14)31-16-6-2-1-3-7-16/h1-12,19,24H,13H2,(H,25,26)(H,27,28). The van der Waals surface area contributed by atoms with Gasteiger partial charge in [-0.3, -0.25) is 4.79 Å². The molecule has 0 saturated heterocycles. The highest BCUT2D eigenvalue weighted by Gasteiger charge is 2.26. The molecule has 3 aromatic carbocycles. The zero-order valence-corrected chi connectivity index (χ0v) is 18.0. The van der Waals surface area contributed by atoms with E-state index in [9.17, 15) is 23.1 Å². The zero-order chi connectivity index (χ0) is 23.3. The molecule has 0 fully saturated rings. The molecular weight excluding hydrogens is 458 g/mol. The molecule has 0 amide bonds. The molecule has 32 heavy (non-hydrogen) atoms. The fourth-order valence-electron chi connectivity index (χ4n) is 2.91. The van der Waals surface area contributed by atoms with Crippen LogP contribution in [0.3, 0.4) is 0 Å². The molecule has 0 heterocycles. The van der Waals surface area contributed by atoms with Gasteiger partial charge in [0.05, 0.1) is 23.0 Å². The van der Waals surface area contributed by atoms with Crippen LogP contribution in [0.5, 0.6) is 11.5 Å². The lowest BCUT2D eigenvalue weighted by Gasteiger charge is -2.19. The number of nitrogens with one attached hydrogen (secondary N) is 1. The number of hydrogen-bond donors (Lipinski definition) is 3. The highest BCUT2D eigenvalue weighted by Crippen LogP contribution is 2.29. The summed E-state index contributed by atoms with van der Waals surface area (Å²) in [5.41, 5.74) is 0.0673. The first kappa shape index (κ1) is 23.3. The molecule has 0 spiro atoms. The second-order valence-corrected chi connectivity index (χ2v) is 8.80. The van der Waals surface area contributed by atoms with E-state index in [4.69, 9.17) is 21.4 Å². The van der Waals surface area contributed by atoms with Crippen molar-refractivity contribution in [3.05, 3.63) is 88.9 Å². The molecule has 10 heteroatoms. The first-order valence-electron chi connectivity index (χ1n) is 9.25. The van der Waals surface area contributed by atoms with Gasteiger partial charge in [-0.25, -0.2) is 17.9 Å². The van der Waals surface area contributed by atoms with E-state index in [2.05, 4.69) is 4.72 Å². The van der Waals surface area contributed by atoms with Gasteiger partial charge in [-0.15, -0.1) is 0 Å². The number of sulfonamides is 1. The maximum Gasteiger partial charge on any atom is 0.335 e. The number of carboxylic acid groups (broad SMARTS) is 2. The van der Waals surface area contributed by atoms with Crippen LogP contribution in [0.15, 0.2) is 77.7 Å². The van der Waals surface area contributed by atoms with Gasteiger partial charge in [-0.05, 0) is 48.0 Å². The molecule has 3 aromatic rings. The van der Waals surface area contributed by atoms with E-state index >= 15 is 0 Å². The van der Waals surface area contributed by atoms with Crippen molar-refractivity contribution in [3.8, 4) is 11.5 Å². The normalized spacial score (nSPS) is 12.2. The van der Waals surface area contributed by atoms with Crippen molar-refractivity contribution in [3.63, 3.8) is 0 Å². The Balaban J connectivity index is 1.94. The SMILES string of the molecule is O=C(O)CC(NS(=O)(=O)c1cc(C(=O)O)ccc1Cl)c1cccc(Oc2ccccc2)c1. The number of aromatic carboxylic acids is 1. The average Bonchev–Trinajstić information content (AvgIpc) is 2.73. The molecule has 166 valence electrons. The summed E-state index contributed by atoms with van der Waals surface area (Å²) in [5.74, 6) is -1.63. The molecule has 0 aliphatic rings. The fourth-order valence-corrected chi connectivity index (χ4v) is 4.66. The Morgan fingerprint density at radius 1 is 0.938 bits per heavy atom. The van der Waals surface area contributed by atoms with Crippen molar-refractivity contribution in [2.45, 2.75) is 17.4 Å². The third-order valence-electron chi connectivity index (χ3n) is 4.38. The minimum Gasteiger partial charge on any atom is -0.481 e. The Labute approximate surface area is 189 Å². The van der Waals surface area contributed by atoms with Gasteiger partial charge in [0, 0.05) is 0 Å². The Kier molecular flexibility index (Phi) is 7.14. The van der Waals surface area contributed by atoms with Gasteiger partial charge >= 0.3 is 11.9 Å². The summed E-state index contributed by atoms with van der Waals surface area (Å²) >= 11 is 5.99. The van der Waals surface area contributed by atoms with Gasteiger partial charge in [-0.2, -0.15) is 0 Å². The second kappa shape index (κ2) is 9.82. The van der Waals surface area contributed by atoms with Crippen LogP contribution in [0.2, 0.25) is 5.02 Å². The van der Waals surface area contributed by atoms with Crippen LogP contribution in [0.4, 0.5) is 0 Å². The third kappa shape index (κ3) is 5.85.